The van der Waals surface area contributed by atoms with E-state index < -0.39 is 0 Å². The second-order valence-electron chi connectivity index (χ2n) is 6.82. The van der Waals surface area contributed by atoms with Crippen LogP contribution in [0.25, 0.3) is 0 Å². The predicted octanol–water partition coefficient (Wildman–Crippen LogP) is 3.38. The van der Waals surface area contributed by atoms with Crippen LogP contribution in [0, 0.1) is 35.5 Å². The third-order valence-electron chi connectivity index (χ3n) is 5.96. The van der Waals surface area contributed by atoms with E-state index in [1.54, 1.807) is 18.2 Å². The van der Waals surface area contributed by atoms with Gasteiger partial charge >= 0.3 is 0 Å². The Bertz CT molecular complexity index is 651. The lowest BCUT2D eigenvalue weighted by Gasteiger charge is -2.18. The van der Waals surface area contributed by atoms with Crippen LogP contribution in [0.1, 0.15) is 12.8 Å². The van der Waals surface area contributed by atoms with Crippen molar-refractivity contribution >= 4 is 40.7 Å². The zero-order valence-electron chi connectivity index (χ0n) is 11.1. The van der Waals surface area contributed by atoms with Crippen molar-refractivity contribution < 1.29 is 9.59 Å². The molecule has 0 N–H and O–H groups in total. The number of halogens is 2. The predicted molar refractivity (Wildman–Crippen MR) is 79.1 cm³/mol. The van der Waals surface area contributed by atoms with Crippen molar-refractivity contribution in [3.63, 3.8) is 0 Å². The van der Waals surface area contributed by atoms with Gasteiger partial charge in [-0.2, -0.15) is 0 Å². The number of nitrogens with zero attached hydrogens (tertiary/aromatic N) is 1. The molecule has 1 heterocycles. The van der Waals surface area contributed by atoms with Crippen LogP contribution in [0.15, 0.2) is 18.2 Å². The number of anilines is 1. The van der Waals surface area contributed by atoms with E-state index in [4.69, 9.17) is 23.2 Å². The van der Waals surface area contributed by atoms with Gasteiger partial charge in [0.2, 0.25) is 11.8 Å². The van der Waals surface area contributed by atoms with Crippen molar-refractivity contribution in [3.05, 3.63) is 28.2 Å². The molecule has 3 saturated carbocycles. The van der Waals surface area contributed by atoms with Gasteiger partial charge in [-0.15, -0.1) is 0 Å². The number of rotatable bonds is 1. The second-order valence-corrected chi connectivity index (χ2v) is 7.69. The Morgan fingerprint density at radius 2 is 1.29 bits per heavy atom. The molecule has 4 fully saturated rings. The fourth-order valence-corrected chi connectivity index (χ4v) is 5.76. The van der Waals surface area contributed by atoms with E-state index in [1.165, 1.54) is 11.3 Å². The molecule has 2 bridgehead atoms. The summed E-state index contributed by atoms with van der Waals surface area (Å²) in [4.78, 5) is 26.9. The molecule has 5 rings (SSSR count). The summed E-state index contributed by atoms with van der Waals surface area (Å²) in [5, 5.41) is 0.891. The lowest BCUT2D eigenvalue weighted by molar-refractivity contribution is -0.123. The van der Waals surface area contributed by atoms with E-state index in [0.29, 0.717) is 39.4 Å². The number of carbonyl (C=O) groups excluding carboxylic acids is 2. The van der Waals surface area contributed by atoms with Gasteiger partial charge in [0.25, 0.3) is 0 Å². The number of carbonyl (C=O) groups is 2. The first-order chi connectivity index (χ1) is 10.1. The molecule has 0 spiro atoms. The van der Waals surface area contributed by atoms with E-state index >= 15 is 0 Å². The Labute approximate surface area is 132 Å². The molecule has 1 aromatic rings. The fourth-order valence-electron chi connectivity index (χ4n) is 5.25. The van der Waals surface area contributed by atoms with Gasteiger partial charge in [-0.3, -0.25) is 9.59 Å². The van der Waals surface area contributed by atoms with Gasteiger partial charge in [-0.25, -0.2) is 4.90 Å². The number of benzene rings is 1. The summed E-state index contributed by atoms with van der Waals surface area (Å²) in [6, 6.07) is 4.90. The highest BCUT2D eigenvalue weighted by atomic mass is 35.5. The van der Waals surface area contributed by atoms with E-state index in [1.807, 2.05) is 0 Å². The third kappa shape index (κ3) is 1.46. The van der Waals surface area contributed by atoms with E-state index in [0.717, 1.165) is 6.42 Å². The zero-order chi connectivity index (χ0) is 14.5. The maximum Gasteiger partial charge on any atom is 0.237 e. The van der Waals surface area contributed by atoms with Crippen molar-refractivity contribution in [2.75, 3.05) is 4.90 Å². The molecule has 21 heavy (non-hydrogen) atoms. The first kappa shape index (κ1) is 12.5. The molecule has 4 aliphatic rings. The van der Waals surface area contributed by atoms with Gasteiger partial charge in [-0.05, 0) is 54.7 Å². The third-order valence-corrected chi connectivity index (χ3v) is 6.40. The maximum atomic E-state index is 12.8. The molecule has 3 aliphatic carbocycles. The van der Waals surface area contributed by atoms with Gasteiger partial charge in [0.1, 0.15) is 0 Å². The molecule has 1 aromatic carbocycles. The Morgan fingerprint density at radius 1 is 0.810 bits per heavy atom. The summed E-state index contributed by atoms with van der Waals surface area (Å²) < 4.78 is 0. The Kier molecular flexibility index (Phi) is 2.27. The lowest BCUT2D eigenvalue weighted by Crippen LogP contribution is -2.33. The summed E-state index contributed by atoms with van der Waals surface area (Å²) in [7, 11) is 0. The Hall–Kier alpha value is -1.06. The minimum Gasteiger partial charge on any atom is -0.274 e. The standard InChI is InChI=1S/C16H13Cl2NO2/c17-6-1-7(18)3-8(2-6)19-15(20)13-11-5-12(10-4-9(10)11)14(13)16(19)21/h1-3,9-14H,4-5H2/t9-,10+,11-,12+,13-,14+. The molecule has 108 valence electrons. The van der Waals surface area contributed by atoms with Gasteiger partial charge in [0, 0.05) is 10.0 Å². The van der Waals surface area contributed by atoms with Crippen LogP contribution in [0.2, 0.25) is 10.0 Å². The normalized spacial score (nSPS) is 42.5. The van der Waals surface area contributed by atoms with Crippen LogP contribution in [0.4, 0.5) is 5.69 Å². The number of fused-ring (bicyclic) bond motifs is 8. The van der Waals surface area contributed by atoms with Gasteiger partial charge in [-0.1, -0.05) is 23.2 Å². The number of hydrogen-bond acceptors (Lipinski definition) is 2. The van der Waals surface area contributed by atoms with Crippen LogP contribution in [-0.2, 0) is 9.59 Å². The van der Waals surface area contributed by atoms with E-state index in [2.05, 4.69) is 0 Å². The highest BCUT2D eigenvalue weighted by Crippen LogP contribution is 2.71. The maximum absolute atomic E-state index is 12.8. The van der Waals surface area contributed by atoms with Crippen LogP contribution >= 0.6 is 23.2 Å². The van der Waals surface area contributed by atoms with Crippen molar-refractivity contribution in [1.82, 2.24) is 0 Å². The van der Waals surface area contributed by atoms with Crippen molar-refractivity contribution in [1.29, 1.82) is 0 Å². The van der Waals surface area contributed by atoms with Gasteiger partial charge in [0.05, 0.1) is 17.5 Å². The van der Waals surface area contributed by atoms with Crippen molar-refractivity contribution in [3.8, 4) is 0 Å². The molecular weight excluding hydrogens is 309 g/mol. The summed E-state index contributed by atoms with van der Waals surface area (Å²) in [6.45, 7) is 0. The number of amides is 2. The molecule has 3 nitrogen and oxygen atoms in total. The lowest BCUT2D eigenvalue weighted by atomic mass is 9.81. The first-order valence-corrected chi connectivity index (χ1v) is 8.16. The van der Waals surface area contributed by atoms with Crippen molar-refractivity contribution in [2.45, 2.75) is 12.8 Å². The topological polar surface area (TPSA) is 37.4 Å². The van der Waals surface area contributed by atoms with Crippen LogP contribution in [-0.4, -0.2) is 11.8 Å². The molecule has 2 amide bonds. The summed E-state index contributed by atoms with van der Waals surface area (Å²) in [5.41, 5.74) is 0.518. The average molecular weight is 322 g/mol. The highest BCUT2D eigenvalue weighted by Gasteiger charge is 2.71. The molecular formula is C16H13Cl2NO2. The monoisotopic (exact) mass is 321 g/mol. The Morgan fingerprint density at radius 3 is 1.81 bits per heavy atom. The minimum absolute atomic E-state index is 0.0406. The summed E-state index contributed by atoms with van der Waals surface area (Å²) in [5.74, 6) is 2.00. The molecule has 1 aliphatic heterocycles. The van der Waals surface area contributed by atoms with Crippen molar-refractivity contribution in [2.24, 2.45) is 35.5 Å². The molecule has 0 unspecified atom stereocenters. The molecule has 1 saturated heterocycles. The molecule has 5 heteroatoms. The molecule has 0 aromatic heterocycles. The van der Waals surface area contributed by atoms with E-state index in [9.17, 15) is 9.59 Å². The quantitative estimate of drug-likeness (QED) is 0.743. The van der Waals surface area contributed by atoms with Crippen LogP contribution in [0.3, 0.4) is 0 Å². The first-order valence-electron chi connectivity index (χ1n) is 7.40. The SMILES string of the molecule is O=C1[C@@H]2[C@@H]3C[C@@H]([C@H]4C[C@H]43)[C@@H]2C(=O)N1c1cc(Cl)cc(Cl)c1. The van der Waals surface area contributed by atoms with E-state index in [-0.39, 0.29) is 23.7 Å². The zero-order valence-corrected chi connectivity index (χ0v) is 12.6. The average Bonchev–Trinajstić information content (AvgIpc) is 2.92. The smallest absolute Gasteiger partial charge is 0.237 e. The van der Waals surface area contributed by atoms with Gasteiger partial charge < -0.3 is 0 Å². The van der Waals surface area contributed by atoms with Crippen LogP contribution < -0.4 is 4.90 Å². The summed E-state index contributed by atoms with van der Waals surface area (Å²) in [6.07, 6.45) is 2.30. The highest BCUT2D eigenvalue weighted by molar-refractivity contribution is 6.35. The van der Waals surface area contributed by atoms with Gasteiger partial charge in [0.15, 0.2) is 0 Å². The Balaban J connectivity index is 1.58. The fraction of sp³-hybridized carbons (Fsp3) is 0.500. The second kappa shape index (κ2) is 3.82. The minimum atomic E-state index is -0.0935. The number of hydrogen-bond donors (Lipinski definition) is 0. The molecule has 6 atom stereocenters. The number of imide groups is 1. The van der Waals surface area contributed by atoms with Crippen LogP contribution in [0.5, 0.6) is 0 Å². The molecule has 0 radical (unpaired) electrons. The largest absolute Gasteiger partial charge is 0.274 e. The summed E-state index contributed by atoms with van der Waals surface area (Å²) >= 11 is 12.0.